The number of benzene rings is 1. The SMILES string of the molecule is CC(=O)N1CCc2c(c(N3CCc4cc(F)c(-c5cnn(C)c5)cc43)nn2C2CCOC2)C1. The fraction of sp³-hybridized carbons (Fsp3) is 0.458. The molecule has 9 heteroatoms. The summed E-state index contributed by atoms with van der Waals surface area (Å²) in [5.74, 6) is 0.721. The van der Waals surface area contributed by atoms with Crippen molar-refractivity contribution in [1.29, 1.82) is 0 Å². The van der Waals surface area contributed by atoms with Gasteiger partial charge in [-0.05, 0) is 30.5 Å². The maximum absolute atomic E-state index is 15.0. The highest BCUT2D eigenvalue weighted by atomic mass is 19.1. The molecular formula is C24H27FN6O2. The maximum atomic E-state index is 15.0. The Hall–Kier alpha value is -3.20. The Morgan fingerprint density at radius 3 is 2.85 bits per heavy atom. The van der Waals surface area contributed by atoms with E-state index in [1.165, 1.54) is 5.69 Å². The number of fused-ring (bicyclic) bond motifs is 2. The minimum Gasteiger partial charge on any atom is -0.379 e. The van der Waals surface area contributed by atoms with Crippen LogP contribution in [-0.2, 0) is 36.0 Å². The topological polar surface area (TPSA) is 68.4 Å². The number of amides is 1. The summed E-state index contributed by atoms with van der Waals surface area (Å²) >= 11 is 0. The molecule has 0 aliphatic carbocycles. The van der Waals surface area contributed by atoms with Crippen LogP contribution in [-0.4, -0.2) is 56.7 Å². The molecule has 6 rings (SSSR count). The van der Waals surface area contributed by atoms with E-state index >= 15 is 0 Å². The summed E-state index contributed by atoms with van der Waals surface area (Å²) in [6, 6.07) is 3.79. The van der Waals surface area contributed by atoms with Gasteiger partial charge in [0, 0.05) is 74.4 Å². The van der Waals surface area contributed by atoms with Crippen LogP contribution in [0.15, 0.2) is 24.5 Å². The van der Waals surface area contributed by atoms with Gasteiger partial charge in [0.2, 0.25) is 5.91 Å². The first kappa shape index (κ1) is 20.4. The standard InChI is InChI=1S/C24H27FN6O2/c1-15(32)29-6-4-22-20(13-29)24(27-31(22)18-5-8-33-14-18)30-7-3-16-9-21(25)19(10-23(16)30)17-11-26-28(2)12-17/h9-12,18H,3-8,13-14H2,1-2H3. The lowest BCUT2D eigenvalue weighted by atomic mass is 10.0. The van der Waals surface area contributed by atoms with E-state index in [1.807, 2.05) is 24.2 Å². The Kier molecular flexibility index (Phi) is 4.76. The molecule has 172 valence electrons. The number of carbonyl (C=O) groups is 1. The van der Waals surface area contributed by atoms with Crippen LogP contribution in [0.5, 0.6) is 0 Å². The van der Waals surface area contributed by atoms with Crippen LogP contribution in [0.4, 0.5) is 15.9 Å². The zero-order valence-corrected chi connectivity index (χ0v) is 18.9. The van der Waals surface area contributed by atoms with Crippen LogP contribution in [0.2, 0.25) is 0 Å². The van der Waals surface area contributed by atoms with E-state index in [0.717, 1.165) is 60.6 Å². The summed E-state index contributed by atoms with van der Waals surface area (Å²) in [5, 5.41) is 9.30. The molecule has 1 unspecified atom stereocenters. The van der Waals surface area contributed by atoms with Gasteiger partial charge >= 0.3 is 0 Å². The van der Waals surface area contributed by atoms with Crippen molar-refractivity contribution in [3.63, 3.8) is 0 Å². The average Bonchev–Trinajstić information content (AvgIpc) is 3.58. The number of ether oxygens (including phenoxy) is 1. The molecule has 1 atom stereocenters. The number of aromatic nitrogens is 4. The van der Waals surface area contributed by atoms with E-state index in [0.29, 0.717) is 25.3 Å². The number of carbonyl (C=O) groups excluding carboxylic acids is 1. The Balaban J connectivity index is 1.45. The van der Waals surface area contributed by atoms with Gasteiger partial charge in [0.05, 0.1) is 25.4 Å². The van der Waals surface area contributed by atoms with E-state index < -0.39 is 0 Å². The smallest absolute Gasteiger partial charge is 0.219 e. The molecule has 0 spiro atoms. The van der Waals surface area contributed by atoms with Gasteiger partial charge in [-0.3, -0.25) is 14.2 Å². The molecule has 3 aromatic rings. The Labute approximate surface area is 191 Å². The number of nitrogens with zero attached hydrogens (tertiary/aromatic N) is 6. The third-order valence-corrected chi connectivity index (χ3v) is 7.10. The summed E-state index contributed by atoms with van der Waals surface area (Å²) in [5.41, 5.74) is 5.54. The second-order valence-electron chi connectivity index (χ2n) is 9.17. The van der Waals surface area contributed by atoms with Gasteiger partial charge in [0.25, 0.3) is 0 Å². The van der Waals surface area contributed by atoms with E-state index in [1.54, 1.807) is 23.9 Å². The number of aryl methyl sites for hydroxylation is 1. The molecule has 1 aromatic carbocycles. The quantitative estimate of drug-likeness (QED) is 0.614. The average molecular weight is 451 g/mol. The highest BCUT2D eigenvalue weighted by Crippen LogP contribution is 2.42. The molecule has 8 nitrogen and oxygen atoms in total. The molecule has 5 heterocycles. The zero-order valence-electron chi connectivity index (χ0n) is 18.9. The van der Waals surface area contributed by atoms with Crippen LogP contribution < -0.4 is 4.90 Å². The molecule has 1 saturated heterocycles. The lowest BCUT2D eigenvalue weighted by molar-refractivity contribution is -0.129. The van der Waals surface area contributed by atoms with Gasteiger partial charge in [-0.25, -0.2) is 4.39 Å². The Morgan fingerprint density at radius 1 is 1.24 bits per heavy atom. The van der Waals surface area contributed by atoms with Crippen molar-refractivity contribution >= 4 is 17.4 Å². The van der Waals surface area contributed by atoms with Gasteiger partial charge in [-0.1, -0.05) is 0 Å². The number of hydrogen-bond acceptors (Lipinski definition) is 5. The predicted molar refractivity (Wildman–Crippen MR) is 121 cm³/mol. The molecule has 1 fully saturated rings. The Bertz CT molecular complexity index is 1240. The van der Waals surface area contributed by atoms with Gasteiger partial charge < -0.3 is 14.5 Å². The van der Waals surface area contributed by atoms with Crippen LogP contribution in [0.25, 0.3) is 11.1 Å². The fourth-order valence-electron chi connectivity index (χ4n) is 5.34. The summed E-state index contributed by atoms with van der Waals surface area (Å²) < 4.78 is 24.4. The van der Waals surface area contributed by atoms with Gasteiger partial charge in [0.15, 0.2) is 5.82 Å². The molecule has 0 radical (unpaired) electrons. The second kappa shape index (κ2) is 7.69. The number of halogens is 1. The molecule has 0 N–H and O–H groups in total. The van der Waals surface area contributed by atoms with Crippen molar-refractivity contribution in [1.82, 2.24) is 24.5 Å². The maximum Gasteiger partial charge on any atom is 0.219 e. The molecular weight excluding hydrogens is 423 g/mol. The van der Waals surface area contributed by atoms with E-state index in [9.17, 15) is 9.18 Å². The molecule has 0 bridgehead atoms. The third kappa shape index (κ3) is 3.33. The summed E-state index contributed by atoms with van der Waals surface area (Å²) in [6.07, 6.45) is 5.99. The van der Waals surface area contributed by atoms with Crippen LogP contribution in [0.3, 0.4) is 0 Å². The third-order valence-electron chi connectivity index (χ3n) is 7.10. The van der Waals surface area contributed by atoms with Crippen LogP contribution >= 0.6 is 0 Å². The first-order chi connectivity index (χ1) is 16.0. The lowest BCUT2D eigenvalue weighted by Crippen LogP contribution is -2.35. The Morgan fingerprint density at radius 2 is 2.12 bits per heavy atom. The first-order valence-corrected chi connectivity index (χ1v) is 11.5. The van der Waals surface area contributed by atoms with Crippen molar-refractivity contribution in [2.75, 3.05) is 31.2 Å². The monoisotopic (exact) mass is 450 g/mol. The minimum absolute atomic E-state index is 0.0753. The number of rotatable bonds is 3. The van der Waals surface area contributed by atoms with Gasteiger partial charge in [-0.15, -0.1) is 0 Å². The molecule has 3 aliphatic heterocycles. The van der Waals surface area contributed by atoms with Gasteiger partial charge in [-0.2, -0.15) is 10.2 Å². The second-order valence-corrected chi connectivity index (χ2v) is 9.17. The fourth-order valence-corrected chi connectivity index (χ4v) is 5.34. The van der Waals surface area contributed by atoms with Crippen LogP contribution in [0, 0.1) is 5.82 Å². The zero-order chi connectivity index (χ0) is 22.7. The van der Waals surface area contributed by atoms with E-state index in [-0.39, 0.29) is 17.8 Å². The summed E-state index contributed by atoms with van der Waals surface area (Å²) in [7, 11) is 1.83. The molecule has 3 aliphatic rings. The largest absolute Gasteiger partial charge is 0.379 e. The van der Waals surface area contributed by atoms with Crippen molar-refractivity contribution in [2.24, 2.45) is 7.05 Å². The minimum atomic E-state index is -0.234. The van der Waals surface area contributed by atoms with Crippen molar-refractivity contribution in [2.45, 2.75) is 38.8 Å². The van der Waals surface area contributed by atoms with Crippen molar-refractivity contribution in [3.05, 3.63) is 47.2 Å². The van der Waals surface area contributed by atoms with Gasteiger partial charge in [0.1, 0.15) is 5.82 Å². The molecule has 0 saturated carbocycles. The van der Waals surface area contributed by atoms with Crippen LogP contribution in [0.1, 0.15) is 36.2 Å². The normalized spacial score (nSPS) is 19.8. The van der Waals surface area contributed by atoms with E-state index in [4.69, 9.17) is 9.84 Å². The first-order valence-electron chi connectivity index (χ1n) is 11.5. The molecule has 2 aromatic heterocycles. The van der Waals surface area contributed by atoms with Crippen molar-refractivity contribution < 1.29 is 13.9 Å². The highest BCUT2D eigenvalue weighted by Gasteiger charge is 2.34. The van der Waals surface area contributed by atoms with E-state index in [2.05, 4.69) is 14.7 Å². The van der Waals surface area contributed by atoms with Crippen molar-refractivity contribution in [3.8, 4) is 11.1 Å². The number of hydrogen-bond donors (Lipinski definition) is 0. The lowest BCUT2D eigenvalue weighted by Gasteiger charge is -2.28. The molecule has 1 amide bonds. The summed E-state index contributed by atoms with van der Waals surface area (Å²) in [4.78, 5) is 16.2. The number of anilines is 2. The predicted octanol–water partition coefficient (Wildman–Crippen LogP) is 2.98. The summed E-state index contributed by atoms with van der Waals surface area (Å²) in [6.45, 7) is 5.01. The molecule has 33 heavy (non-hydrogen) atoms. The highest BCUT2D eigenvalue weighted by molar-refractivity contribution is 5.78.